The first-order chi connectivity index (χ1) is 11.3. The van der Waals surface area contributed by atoms with Gasteiger partial charge in [0.2, 0.25) is 0 Å². The lowest BCUT2D eigenvalue weighted by Crippen LogP contribution is -2.39. The largest absolute Gasteiger partial charge is 0.518 e. The number of rotatable bonds is 5. The molecule has 7 heteroatoms. The molecule has 2 aliphatic carbocycles. The molecule has 2 aliphatic rings. The van der Waals surface area contributed by atoms with Crippen molar-refractivity contribution in [3.63, 3.8) is 0 Å². The Morgan fingerprint density at radius 3 is 2.42 bits per heavy atom. The molecule has 6 nitrogen and oxygen atoms in total. The smallest absolute Gasteiger partial charge is 0.438 e. The zero-order valence-corrected chi connectivity index (χ0v) is 16.8. The second-order valence-corrected chi connectivity index (χ2v) is 7.89. The number of methoxy groups -OCH3 is 1. The molecule has 2 saturated carbocycles. The fraction of sp³-hybridized carbons (Fsp3) is 0.882. The summed E-state index contributed by atoms with van der Waals surface area (Å²) in [4.78, 5) is 23.0. The maximum absolute atomic E-state index is 11.6. The number of carbonyl (C=O) groups excluding carboxylic acids is 2. The van der Waals surface area contributed by atoms with Gasteiger partial charge in [0, 0.05) is 0 Å². The van der Waals surface area contributed by atoms with Crippen LogP contribution in [-0.2, 0) is 17.3 Å². The second-order valence-electron chi connectivity index (χ2n) is 7.45. The molecule has 0 amide bonds. The molecule has 0 aromatic carbocycles. The highest BCUT2D eigenvalue weighted by Gasteiger charge is 2.46. The van der Waals surface area contributed by atoms with Crippen molar-refractivity contribution in [1.82, 2.24) is 0 Å². The first-order valence-corrected chi connectivity index (χ1v) is 9.49. The van der Waals surface area contributed by atoms with E-state index in [9.17, 15) is 9.59 Å². The number of halogens is 1. The SMILES string of the molecule is COC(=O)OC1(C)CCC(CC(C)C2(OC(=O)OI)CCCC2)C1. The van der Waals surface area contributed by atoms with Gasteiger partial charge in [-0.1, -0.05) is 6.92 Å². The first kappa shape index (κ1) is 19.6. The van der Waals surface area contributed by atoms with E-state index in [1.807, 2.05) is 6.92 Å². The first-order valence-electron chi connectivity index (χ1n) is 8.61. The number of ether oxygens (including phenoxy) is 3. The van der Waals surface area contributed by atoms with Crippen LogP contribution in [0.3, 0.4) is 0 Å². The minimum absolute atomic E-state index is 0.251. The fourth-order valence-electron chi connectivity index (χ4n) is 4.43. The molecule has 24 heavy (non-hydrogen) atoms. The van der Waals surface area contributed by atoms with Crippen LogP contribution in [0.15, 0.2) is 0 Å². The van der Waals surface area contributed by atoms with Crippen LogP contribution in [-0.4, -0.2) is 30.6 Å². The Morgan fingerprint density at radius 2 is 1.83 bits per heavy atom. The molecule has 0 aromatic rings. The molecular weight excluding hydrogens is 427 g/mol. The number of carbonyl (C=O) groups is 2. The summed E-state index contributed by atoms with van der Waals surface area (Å²) < 4.78 is 20.4. The molecule has 0 bridgehead atoms. The minimum Gasteiger partial charge on any atom is -0.438 e. The molecule has 0 heterocycles. The topological polar surface area (TPSA) is 71.1 Å². The van der Waals surface area contributed by atoms with Gasteiger partial charge in [-0.05, 0) is 70.1 Å². The Hall–Kier alpha value is -0.730. The lowest BCUT2D eigenvalue weighted by molar-refractivity contribution is -0.0479. The Kier molecular flexibility index (Phi) is 6.61. The molecule has 3 atom stereocenters. The van der Waals surface area contributed by atoms with Gasteiger partial charge in [0.1, 0.15) is 11.2 Å². The highest BCUT2D eigenvalue weighted by molar-refractivity contribution is 14.1. The predicted molar refractivity (Wildman–Crippen MR) is 95.8 cm³/mol. The average Bonchev–Trinajstić information content (AvgIpc) is 3.15. The summed E-state index contributed by atoms with van der Waals surface area (Å²) in [5.41, 5.74) is -0.868. The van der Waals surface area contributed by atoms with Crippen molar-refractivity contribution in [1.29, 1.82) is 0 Å². The highest BCUT2D eigenvalue weighted by atomic mass is 127. The van der Waals surface area contributed by atoms with E-state index in [2.05, 4.69) is 14.7 Å². The standard InChI is InChI=1S/C17H27IO6/c1-12(17(7-4-5-8-17)23-15(20)24-18)10-13-6-9-16(2,11-13)22-14(19)21-3/h12-13H,4-11H2,1-3H3. The molecule has 2 rings (SSSR count). The maximum Gasteiger partial charge on any atom is 0.518 e. The molecule has 0 saturated heterocycles. The summed E-state index contributed by atoms with van der Waals surface area (Å²) in [6.45, 7) is 4.12. The van der Waals surface area contributed by atoms with E-state index in [1.165, 1.54) is 7.11 Å². The summed E-state index contributed by atoms with van der Waals surface area (Å²) in [5, 5.41) is 0. The van der Waals surface area contributed by atoms with Gasteiger partial charge in [-0.15, -0.1) is 0 Å². The summed E-state index contributed by atoms with van der Waals surface area (Å²) in [7, 11) is 1.33. The van der Waals surface area contributed by atoms with Gasteiger partial charge in [-0.2, -0.15) is 0 Å². The van der Waals surface area contributed by atoms with Crippen LogP contribution in [0, 0.1) is 11.8 Å². The zero-order valence-electron chi connectivity index (χ0n) is 14.6. The predicted octanol–water partition coefficient (Wildman–Crippen LogP) is 5.17. The van der Waals surface area contributed by atoms with Crippen molar-refractivity contribution in [2.45, 2.75) is 76.4 Å². The van der Waals surface area contributed by atoms with Gasteiger partial charge in [-0.3, -0.25) is 0 Å². The van der Waals surface area contributed by atoms with Gasteiger partial charge in [0.25, 0.3) is 0 Å². The molecule has 2 fully saturated rings. The molecule has 138 valence electrons. The third-order valence-electron chi connectivity index (χ3n) is 5.68. The van der Waals surface area contributed by atoms with Gasteiger partial charge in [0.15, 0.2) is 23.0 Å². The van der Waals surface area contributed by atoms with Crippen LogP contribution >= 0.6 is 23.0 Å². The van der Waals surface area contributed by atoms with Crippen LogP contribution in [0.5, 0.6) is 0 Å². The molecular formula is C17H27IO6. The normalized spacial score (nSPS) is 29.8. The zero-order chi connectivity index (χ0) is 17.8. The molecule has 0 spiro atoms. The summed E-state index contributed by atoms with van der Waals surface area (Å²) in [6.07, 6.45) is 6.33. The van der Waals surface area contributed by atoms with Crippen molar-refractivity contribution in [2.75, 3.05) is 7.11 Å². The monoisotopic (exact) mass is 454 g/mol. The Balaban J connectivity index is 1.94. The Labute approximate surface area is 157 Å². The van der Waals surface area contributed by atoms with Crippen molar-refractivity contribution < 1.29 is 26.9 Å². The van der Waals surface area contributed by atoms with Crippen LogP contribution in [0.2, 0.25) is 0 Å². The van der Waals surface area contributed by atoms with Crippen molar-refractivity contribution in [3.8, 4) is 0 Å². The quantitative estimate of drug-likeness (QED) is 0.422. The van der Waals surface area contributed by atoms with Gasteiger partial charge < -0.3 is 17.3 Å². The van der Waals surface area contributed by atoms with Crippen LogP contribution in [0.1, 0.15) is 65.2 Å². The third-order valence-corrected chi connectivity index (χ3v) is 6.04. The van der Waals surface area contributed by atoms with E-state index in [-0.39, 0.29) is 5.92 Å². The van der Waals surface area contributed by atoms with Crippen LogP contribution in [0.25, 0.3) is 0 Å². The van der Waals surface area contributed by atoms with E-state index in [4.69, 9.17) is 9.47 Å². The number of hydrogen-bond donors (Lipinski definition) is 0. The van der Waals surface area contributed by atoms with Gasteiger partial charge in [0.05, 0.1) is 7.11 Å². The molecule has 3 unspecified atom stereocenters. The summed E-state index contributed by atoms with van der Waals surface area (Å²) in [5.74, 6) is 0.701. The van der Waals surface area contributed by atoms with E-state index in [0.29, 0.717) is 5.92 Å². The minimum atomic E-state index is -0.619. The molecule has 0 aromatic heterocycles. The fourth-order valence-corrected chi connectivity index (χ4v) is 4.52. The molecule has 0 aliphatic heterocycles. The number of hydrogen-bond acceptors (Lipinski definition) is 6. The van der Waals surface area contributed by atoms with E-state index in [0.717, 1.165) is 51.4 Å². The average molecular weight is 454 g/mol. The highest BCUT2D eigenvalue weighted by Crippen LogP contribution is 2.46. The van der Waals surface area contributed by atoms with Crippen molar-refractivity contribution in [3.05, 3.63) is 0 Å². The van der Waals surface area contributed by atoms with E-state index < -0.39 is 23.5 Å². The van der Waals surface area contributed by atoms with Crippen LogP contribution < -0.4 is 0 Å². The Bertz CT molecular complexity index is 462. The summed E-state index contributed by atoms with van der Waals surface area (Å²) >= 11 is 1.56. The van der Waals surface area contributed by atoms with Gasteiger partial charge >= 0.3 is 12.3 Å². The maximum atomic E-state index is 11.6. The Morgan fingerprint density at radius 1 is 1.17 bits per heavy atom. The lowest BCUT2D eigenvalue weighted by Gasteiger charge is -2.35. The van der Waals surface area contributed by atoms with Crippen molar-refractivity contribution >= 4 is 35.3 Å². The van der Waals surface area contributed by atoms with E-state index in [1.54, 1.807) is 23.0 Å². The second kappa shape index (κ2) is 8.10. The van der Waals surface area contributed by atoms with E-state index >= 15 is 0 Å². The lowest BCUT2D eigenvalue weighted by atomic mass is 9.80. The summed E-state index contributed by atoms with van der Waals surface area (Å²) in [6, 6.07) is 0. The molecule has 0 radical (unpaired) electrons. The van der Waals surface area contributed by atoms with Crippen molar-refractivity contribution in [2.24, 2.45) is 11.8 Å². The van der Waals surface area contributed by atoms with Gasteiger partial charge in [-0.25, -0.2) is 9.59 Å². The van der Waals surface area contributed by atoms with Crippen LogP contribution in [0.4, 0.5) is 9.59 Å². The molecule has 0 N–H and O–H groups in total. The third kappa shape index (κ3) is 4.67.